The van der Waals surface area contributed by atoms with E-state index in [2.05, 4.69) is 37.1 Å². The Balaban J connectivity index is 1.62. The first-order valence-corrected chi connectivity index (χ1v) is 11.2. The maximum absolute atomic E-state index is 13.8. The van der Waals surface area contributed by atoms with E-state index in [0.29, 0.717) is 23.4 Å². The smallest absolute Gasteiger partial charge is 0.256 e. The van der Waals surface area contributed by atoms with Crippen LogP contribution in [0.1, 0.15) is 37.0 Å². The van der Waals surface area contributed by atoms with E-state index in [9.17, 15) is 9.18 Å². The summed E-state index contributed by atoms with van der Waals surface area (Å²) in [6.07, 6.45) is 2.81. The third-order valence-corrected chi connectivity index (χ3v) is 6.05. The van der Waals surface area contributed by atoms with Gasteiger partial charge in [0.2, 0.25) is 0 Å². The van der Waals surface area contributed by atoms with Crippen LogP contribution in [0.25, 0.3) is 22.8 Å². The number of anilines is 1. The summed E-state index contributed by atoms with van der Waals surface area (Å²) in [6.45, 7) is 10.1. The van der Waals surface area contributed by atoms with Crippen molar-refractivity contribution < 1.29 is 13.9 Å². The first-order valence-electron chi connectivity index (χ1n) is 11.2. The molecule has 4 rings (SSSR count). The largest absolute Gasteiger partial charge is 0.493 e. The van der Waals surface area contributed by atoms with Crippen LogP contribution in [0.2, 0.25) is 0 Å². The second kappa shape index (κ2) is 9.53. The van der Waals surface area contributed by atoms with E-state index in [0.717, 1.165) is 54.1 Å². The van der Waals surface area contributed by atoms with Gasteiger partial charge in [-0.15, -0.1) is 0 Å². The number of nitrogens with one attached hydrogen (secondary N) is 1. The molecule has 0 radical (unpaired) electrons. The van der Waals surface area contributed by atoms with Crippen molar-refractivity contribution in [1.82, 2.24) is 4.90 Å². The summed E-state index contributed by atoms with van der Waals surface area (Å²) in [5.74, 6) is 0.265. The van der Waals surface area contributed by atoms with Gasteiger partial charge in [-0.3, -0.25) is 4.79 Å². The molecule has 0 fully saturated rings. The van der Waals surface area contributed by atoms with Gasteiger partial charge in [-0.25, -0.2) is 4.39 Å². The standard InChI is InChI=1S/C27H29FN2O2/c1-4-30(5-2)13-8-14-32-25-10-7-6-9-21-19(15-18(3)26(21)25)16-23-22-17-20(28)11-12-24(22)29-27(23)31/h6-7,9-12,15-17H,4-5,8,13-14H2,1-3H3,(H,29,31)/b23-16+. The van der Waals surface area contributed by atoms with Crippen molar-refractivity contribution in [3.05, 3.63) is 71.0 Å². The molecule has 1 aliphatic heterocycles. The lowest BCUT2D eigenvalue weighted by atomic mass is 10.0. The maximum Gasteiger partial charge on any atom is 0.256 e. The maximum atomic E-state index is 13.8. The van der Waals surface area contributed by atoms with Crippen LogP contribution in [0.4, 0.5) is 10.1 Å². The van der Waals surface area contributed by atoms with Crippen LogP contribution < -0.4 is 10.1 Å². The summed E-state index contributed by atoms with van der Waals surface area (Å²) in [7, 11) is 0. The van der Waals surface area contributed by atoms with Crippen LogP contribution in [-0.2, 0) is 4.79 Å². The van der Waals surface area contributed by atoms with Gasteiger partial charge >= 0.3 is 0 Å². The first kappa shape index (κ1) is 22.0. The van der Waals surface area contributed by atoms with E-state index >= 15 is 0 Å². The molecule has 4 nitrogen and oxygen atoms in total. The van der Waals surface area contributed by atoms with E-state index in [-0.39, 0.29) is 11.7 Å². The SMILES string of the molecule is CCN(CC)CCCOc1ccccc2c(/C=C3/C(=O)Nc4ccc(F)cc43)cc(C)c1-2. The van der Waals surface area contributed by atoms with Crippen LogP contribution in [0.5, 0.6) is 5.75 Å². The summed E-state index contributed by atoms with van der Waals surface area (Å²) in [5, 5.41) is 2.82. The highest BCUT2D eigenvalue weighted by molar-refractivity contribution is 6.35. The molecule has 0 aromatic heterocycles. The van der Waals surface area contributed by atoms with Gasteiger partial charge in [-0.2, -0.15) is 0 Å². The fourth-order valence-corrected chi connectivity index (χ4v) is 4.33. The number of hydrogen-bond acceptors (Lipinski definition) is 3. The Kier molecular flexibility index (Phi) is 6.56. The molecule has 32 heavy (non-hydrogen) atoms. The zero-order valence-corrected chi connectivity index (χ0v) is 18.9. The highest BCUT2D eigenvalue weighted by Gasteiger charge is 2.26. The fraction of sp³-hybridized carbons (Fsp3) is 0.296. The summed E-state index contributed by atoms with van der Waals surface area (Å²) < 4.78 is 20.0. The zero-order valence-electron chi connectivity index (χ0n) is 18.9. The van der Waals surface area contributed by atoms with Crippen molar-refractivity contribution in [1.29, 1.82) is 0 Å². The third-order valence-electron chi connectivity index (χ3n) is 6.05. The van der Waals surface area contributed by atoms with Gasteiger partial charge in [0.15, 0.2) is 0 Å². The Bertz CT molecular complexity index is 1130. The van der Waals surface area contributed by atoms with Crippen molar-refractivity contribution in [2.75, 3.05) is 31.6 Å². The van der Waals surface area contributed by atoms with Gasteiger partial charge in [0.05, 0.1) is 6.61 Å². The van der Waals surface area contributed by atoms with Gasteiger partial charge in [0, 0.05) is 28.9 Å². The Labute approximate surface area is 189 Å². The molecule has 1 heterocycles. The minimum Gasteiger partial charge on any atom is -0.493 e. The summed E-state index contributed by atoms with van der Waals surface area (Å²) in [4.78, 5) is 15.0. The van der Waals surface area contributed by atoms with Gasteiger partial charge in [0.1, 0.15) is 11.6 Å². The number of carbonyl (C=O) groups is 1. The number of aryl methyl sites for hydroxylation is 1. The zero-order chi connectivity index (χ0) is 22.7. The van der Waals surface area contributed by atoms with Crippen molar-refractivity contribution in [2.45, 2.75) is 27.2 Å². The molecule has 0 saturated carbocycles. The molecule has 1 N–H and O–H groups in total. The van der Waals surface area contributed by atoms with Gasteiger partial charge in [0.25, 0.3) is 5.91 Å². The molecule has 3 aliphatic rings. The number of carbonyl (C=O) groups excluding carboxylic acids is 1. The Morgan fingerprint density at radius 1 is 1.06 bits per heavy atom. The Morgan fingerprint density at radius 2 is 1.84 bits per heavy atom. The number of rotatable bonds is 8. The number of hydrogen-bond donors (Lipinski definition) is 1. The minimum absolute atomic E-state index is 0.217. The molecule has 1 aromatic rings. The molecule has 2 aliphatic carbocycles. The first-order chi connectivity index (χ1) is 15.5. The highest BCUT2D eigenvalue weighted by Crippen LogP contribution is 2.41. The lowest BCUT2D eigenvalue weighted by Crippen LogP contribution is -2.25. The van der Waals surface area contributed by atoms with E-state index in [1.807, 2.05) is 30.3 Å². The molecular formula is C27H29FN2O2. The summed E-state index contributed by atoms with van der Waals surface area (Å²) >= 11 is 0. The van der Waals surface area contributed by atoms with Crippen LogP contribution in [-0.4, -0.2) is 37.0 Å². The van der Waals surface area contributed by atoms with Crippen molar-refractivity contribution in [2.24, 2.45) is 0 Å². The molecule has 0 saturated heterocycles. The predicted molar refractivity (Wildman–Crippen MR) is 129 cm³/mol. The van der Waals surface area contributed by atoms with Crippen LogP contribution in [0.3, 0.4) is 0 Å². The minimum atomic E-state index is -0.360. The fourth-order valence-electron chi connectivity index (χ4n) is 4.33. The topological polar surface area (TPSA) is 41.6 Å². The molecular weight excluding hydrogens is 403 g/mol. The normalized spacial score (nSPS) is 14.3. The van der Waals surface area contributed by atoms with Crippen molar-refractivity contribution in [3.63, 3.8) is 0 Å². The molecule has 1 amide bonds. The molecule has 1 aromatic carbocycles. The second-order valence-electron chi connectivity index (χ2n) is 8.08. The molecule has 166 valence electrons. The molecule has 0 bridgehead atoms. The van der Waals surface area contributed by atoms with Crippen molar-refractivity contribution >= 4 is 23.2 Å². The average Bonchev–Trinajstić information content (AvgIpc) is 3.15. The van der Waals surface area contributed by atoms with E-state index in [4.69, 9.17) is 4.74 Å². The Hall–Kier alpha value is -3.18. The van der Waals surface area contributed by atoms with Crippen LogP contribution >= 0.6 is 0 Å². The summed E-state index contributed by atoms with van der Waals surface area (Å²) in [6, 6.07) is 14.4. The number of ether oxygens (including phenoxy) is 1. The second-order valence-corrected chi connectivity index (χ2v) is 8.08. The number of benzene rings is 1. The Morgan fingerprint density at radius 3 is 2.62 bits per heavy atom. The summed E-state index contributed by atoms with van der Waals surface area (Å²) in [5.41, 5.74) is 5.76. The number of fused-ring (bicyclic) bond motifs is 2. The molecule has 0 unspecified atom stereocenters. The molecule has 0 atom stereocenters. The lowest BCUT2D eigenvalue weighted by Gasteiger charge is -2.18. The van der Waals surface area contributed by atoms with Gasteiger partial charge < -0.3 is 15.0 Å². The average molecular weight is 433 g/mol. The van der Waals surface area contributed by atoms with E-state index in [1.165, 1.54) is 12.1 Å². The third kappa shape index (κ3) is 4.39. The van der Waals surface area contributed by atoms with Crippen molar-refractivity contribution in [3.8, 4) is 16.9 Å². The number of nitrogens with zero attached hydrogens (tertiary/aromatic N) is 1. The van der Waals surface area contributed by atoms with Crippen LogP contribution in [0, 0.1) is 12.7 Å². The highest BCUT2D eigenvalue weighted by atomic mass is 19.1. The van der Waals surface area contributed by atoms with Gasteiger partial charge in [-0.1, -0.05) is 38.1 Å². The molecule has 0 spiro atoms. The lowest BCUT2D eigenvalue weighted by molar-refractivity contribution is -0.110. The predicted octanol–water partition coefficient (Wildman–Crippen LogP) is 5.84. The van der Waals surface area contributed by atoms with E-state index < -0.39 is 0 Å². The van der Waals surface area contributed by atoms with Gasteiger partial charge in [-0.05, 0) is 73.5 Å². The van der Waals surface area contributed by atoms with E-state index in [1.54, 1.807) is 6.07 Å². The monoisotopic (exact) mass is 432 g/mol. The molecule has 5 heteroatoms. The quantitative estimate of drug-likeness (QED) is 0.359. The van der Waals surface area contributed by atoms with Crippen LogP contribution in [0.15, 0.2) is 48.5 Å². The number of amides is 1. The number of halogens is 1.